The number of benzene rings is 2. The summed E-state index contributed by atoms with van der Waals surface area (Å²) in [7, 11) is 0. The molecule has 0 saturated carbocycles. The predicted octanol–water partition coefficient (Wildman–Crippen LogP) is -3.19. The van der Waals surface area contributed by atoms with Gasteiger partial charge < -0.3 is 94.4 Å². The lowest BCUT2D eigenvalue weighted by Crippen LogP contribution is -2.67. The topological polar surface area (TPSA) is 324 Å². The number of ether oxygens (including phenoxy) is 7. The highest BCUT2D eigenvalue weighted by Crippen LogP contribution is 2.36. The van der Waals surface area contributed by atoms with Gasteiger partial charge in [-0.05, 0) is 54.8 Å². The lowest BCUT2D eigenvalue weighted by Gasteiger charge is -2.49. The second-order valence-corrected chi connectivity index (χ2v) is 13.2. The van der Waals surface area contributed by atoms with Gasteiger partial charge in [0.05, 0.1) is 25.9 Å². The van der Waals surface area contributed by atoms with Gasteiger partial charge in [0.2, 0.25) is 0 Å². The minimum Gasteiger partial charge on any atom is -0.504 e. The number of rotatable bonds is 13. The van der Waals surface area contributed by atoms with E-state index in [1.165, 1.54) is 43.3 Å². The van der Waals surface area contributed by atoms with Crippen molar-refractivity contribution in [3.8, 4) is 23.0 Å². The highest BCUT2D eigenvalue weighted by Gasteiger charge is 2.55. The Kier molecular flexibility index (Phi) is 14.3. The van der Waals surface area contributed by atoms with Crippen molar-refractivity contribution in [2.24, 2.45) is 0 Å². The van der Waals surface area contributed by atoms with E-state index in [0.717, 1.165) is 12.1 Å². The average molecular weight is 787 g/mol. The number of carbonyl (C=O) groups excluding carboxylic acids is 1. The molecule has 0 bridgehead atoms. The van der Waals surface area contributed by atoms with Crippen LogP contribution < -0.4 is 0 Å². The first kappa shape index (κ1) is 42.4. The lowest BCUT2D eigenvalue weighted by atomic mass is 9.96. The number of aromatic hydroxyl groups is 4. The van der Waals surface area contributed by atoms with Crippen LogP contribution in [0, 0.1) is 0 Å². The number of aliphatic hydroxyl groups is 8. The maximum atomic E-state index is 13.3. The molecule has 2 aromatic rings. The summed E-state index contributed by atoms with van der Waals surface area (Å²) in [5, 5.41) is 123. The van der Waals surface area contributed by atoms with Crippen molar-refractivity contribution < 1.29 is 99.2 Å². The van der Waals surface area contributed by atoms with E-state index >= 15 is 0 Å². The summed E-state index contributed by atoms with van der Waals surface area (Å²) >= 11 is 0. The molecule has 5 rings (SSSR count). The summed E-state index contributed by atoms with van der Waals surface area (Å²) in [6.07, 6.45) is -23.3. The molecule has 0 unspecified atom stereocenters. The smallest absolute Gasteiger partial charge is 0.331 e. The minimum atomic E-state index is -1.98. The Labute approximate surface area is 313 Å². The van der Waals surface area contributed by atoms with E-state index in [1.54, 1.807) is 0 Å². The summed E-state index contributed by atoms with van der Waals surface area (Å²) in [6.45, 7) is -0.540. The van der Waals surface area contributed by atoms with E-state index in [1.807, 2.05) is 0 Å². The number of aliphatic hydroxyl groups excluding tert-OH is 8. The third-order valence-corrected chi connectivity index (χ3v) is 9.39. The number of carbonyl (C=O) groups is 1. The van der Waals surface area contributed by atoms with Crippen LogP contribution in [0.25, 0.3) is 6.08 Å². The van der Waals surface area contributed by atoms with Crippen LogP contribution in [0.2, 0.25) is 0 Å². The van der Waals surface area contributed by atoms with Gasteiger partial charge in [0.15, 0.2) is 48.0 Å². The molecule has 12 N–H and O–H groups in total. The van der Waals surface area contributed by atoms with Crippen molar-refractivity contribution in [3.05, 3.63) is 53.6 Å². The van der Waals surface area contributed by atoms with Crippen molar-refractivity contribution in [2.75, 3.05) is 19.8 Å². The zero-order valence-electron chi connectivity index (χ0n) is 29.2. The van der Waals surface area contributed by atoms with Gasteiger partial charge in [-0.25, -0.2) is 4.79 Å². The molecule has 15 atom stereocenters. The number of phenolic OH excluding ortho intramolecular Hbond substituents is 4. The predicted molar refractivity (Wildman–Crippen MR) is 180 cm³/mol. The molecule has 306 valence electrons. The quantitative estimate of drug-likeness (QED) is 0.0541. The number of phenols is 4. The lowest BCUT2D eigenvalue weighted by molar-refractivity contribution is -0.390. The minimum absolute atomic E-state index is 0.0812. The number of hydrogen-bond donors (Lipinski definition) is 12. The summed E-state index contributed by atoms with van der Waals surface area (Å²) < 4.78 is 41.1. The Hall–Kier alpha value is -3.71. The molecular formula is C35H46O20. The molecule has 3 aliphatic rings. The Morgan fingerprint density at radius 3 is 1.87 bits per heavy atom. The molecule has 20 heteroatoms. The molecule has 2 aromatic carbocycles. The Balaban J connectivity index is 1.50. The number of esters is 1. The maximum absolute atomic E-state index is 13.3. The fraction of sp³-hybridized carbons (Fsp3) is 0.571. The average Bonchev–Trinajstić information content (AvgIpc) is 3.16. The van der Waals surface area contributed by atoms with Crippen molar-refractivity contribution >= 4 is 12.0 Å². The molecular weight excluding hydrogens is 740 g/mol. The van der Waals surface area contributed by atoms with Gasteiger partial charge in [-0.15, -0.1) is 0 Å². The second kappa shape index (κ2) is 18.5. The van der Waals surface area contributed by atoms with Gasteiger partial charge in [-0.1, -0.05) is 12.1 Å². The van der Waals surface area contributed by atoms with Gasteiger partial charge in [0, 0.05) is 6.08 Å². The van der Waals surface area contributed by atoms with Crippen LogP contribution in [0.15, 0.2) is 42.5 Å². The highest BCUT2D eigenvalue weighted by molar-refractivity contribution is 5.87. The molecule has 55 heavy (non-hydrogen) atoms. The second-order valence-electron chi connectivity index (χ2n) is 13.2. The van der Waals surface area contributed by atoms with Crippen LogP contribution in [-0.4, -0.2) is 179 Å². The molecule has 0 spiro atoms. The largest absolute Gasteiger partial charge is 0.504 e. The summed E-state index contributed by atoms with van der Waals surface area (Å²) in [6, 6.07) is 7.72. The van der Waals surface area contributed by atoms with E-state index in [-0.39, 0.29) is 24.3 Å². The van der Waals surface area contributed by atoms with Crippen LogP contribution >= 0.6 is 0 Å². The van der Waals surface area contributed by atoms with Crippen LogP contribution in [0.1, 0.15) is 18.1 Å². The SMILES string of the molecule is C[C@@H]1O[C@H](O[C@H]2[C@@H](O[C@H]3O[C@H](CO)[C@@H](O)[C@H](O)[C@H]3O)[C@H](OCCc3ccc(O)c(O)c3)O[C@H](CO)[C@H]2OC(=O)C=Cc2ccc(O)c(O)c2)[C@H](O)[C@H](O)[C@@H]1O. The first-order valence-corrected chi connectivity index (χ1v) is 17.2. The van der Waals surface area contributed by atoms with Gasteiger partial charge in [0.1, 0.15) is 61.0 Å². The molecule has 0 radical (unpaired) electrons. The Morgan fingerprint density at radius 1 is 0.655 bits per heavy atom. The molecule has 0 amide bonds. The summed E-state index contributed by atoms with van der Waals surface area (Å²) in [5.74, 6) is -2.74. The van der Waals surface area contributed by atoms with Gasteiger partial charge in [-0.3, -0.25) is 0 Å². The maximum Gasteiger partial charge on any atom is 0.331 e. The molecule has 20 nitrogen and oxygen atoms in total. The van der Waals surface area contributed by atoms with Crippen molar-refractivity contribution in [1.82, 2.24) is 0 Å². The van der Waals surface area contributed by atoms with Gasteiger partial charge in [-0.2, -0.15) is 0 Å². The zero-order chi connectivity index (χ0) is 40.1. The van der Waals surface area contributed by atoms with E-state index in [4.69, 9.17) is 33.2 Å². The van der Waals surface area contributed by atoms with E-state index in [2.05, 4.69) is 0 Å². The molecule has 3 aliphatic heterocycles. The molecule has 0 aromatic heterocycles. The van der Waals surface area contributed by atoms with Crippen LogP contribution in [-0.2, 0) is 44.4 Å². The zero-order valence-corrected chi connectivity index (χ0v) is 29.2. The van der Waals surface area contributed by atoms with E-state index in [0.29, 0.717) is 5.56 Å². The Morgan fingerprint density at radius 2 is 1.24 bits per heavy atom. The fourth-order valence-electron chi connectivity index (χ4n) is 6.22. The van der Waals surface area contributed by atoms with Crippen LogP contribution in [0.3, 0.4) is 0 Å². The molecule has 3 saturated heterocycles. The third-order valence-electron chi connectivity index (χ3n) is 9.39. The molecule has 0 aliphatic carbocycles. The van der Waals surface area contributed by atoms with Crippen molar-refractivity contribution in [1.29, 1.82) is 0 Å². The molecule has 3 fully saturated rings. The monoisotopic (exact) mass is 786 g/mol. The van der Waals surface area contributed by atoms with Gasteiger partial charge >= 0.3 is 5.97 Å². The summed E-state index contributed by atoms with van der Waals surface area (Å²) in [5.41, 5.74) is 0.753. The van der Waals surface area contributed by atoms with Gasteiger partial charge in [0.25, 0.3) is 0 Å². The first-order valence-electron chi connectivity index (χ1n) is 17.2. The Bertz CT molecular complexity index is 1610. The molecule has 3 heterocycles. The number of hydrogen-bond acceptors (Lipinski definition) is 20. The van der Waals surface area contributed by atoms with E-state index in [9.17, 15) is 66.1 Å². The summed E-state index contributed by atoms with van der Waals surface area (Å²) in [4.78, 5) is 13.3. The normalized spacial score (nSPS) is 36.9. The van der Waals surface area contributed by atoms with E-state index < -0.39 is 129 Å². The van der Waals surface area contributed by atoms with Crippen LogP contribution in [0.4, 0.5) is 0 Å². The van der Waals surface area contributed by atoms with Crippen molar-refractivity contribution in [2.45, 2.75) is 105 Å². The van der Waals surface area contributed by atoms with Crippen molar-refractivity contribution in [3.63, 3.8) is 0 Å². The first-order chi connectivity index (χ1) is 26.1. The standard InChI is InChI=1S/C35H46O20/c1-14-24(43)26(45)28(47)33(50-14)54-31-30(53-23(42)7-4-15-2-5-17(38)19(40)10-15)22(13-37)52-35(49-9-8-16-3-6-18(39)20(41)11-16)32(31)55-34-29(48)27(46)25(44)21(12-36)51-34/h2-7,10-11,14,21-22,24-41,43-48H,8-9,12-13H2,1H3/t14-,21+,22+,24+,25+,26+,27-,28+,29+,30+,31+,32+,33+,34+,35+/m0/s1. The highest BCUT2D eigenvalue weighted by atomic mass is 16.8. The fourth-order valence-corrected chi connectivity index (χ4v) is 6.22. The van der Waals surface area contributed by atoms with Crippen LogP contribution in [0.5, 0.6) is 23.0 Å². The third kappa shape index (κ3) is 9.82.